The predicted octanol–water partition coefficient (Wildman–Crippen LogP) is 1.93. The Kier molecular flexibility index (Phi) is 4.07. The summed E-state index contributed by atoms with van der Waals surface area (Å²) in [6.45, 7) is 4.15. The molecule has 0 fully saturated rings. The van der Waals surface area contributed by atoms with Crippen molar-refractivity contribution in [1.82, 2.24) is 0 Å². The molecule has 0 spiro atoms. The lowest BCUT2D eigenvalue weighted by molar-refractivity contribution is -0.152. The van der Waals surface area contributed by atoms with Crippen LogP contribution in [0, 0.1) is 5.41 Å². The number of rotatable bonds is 4. The van der Waals surface area contributed by atoms with Crippen LogP contribution in [0.2, 0.25) is 0 Å². The molecule has 16 heavy (non-hydrogen) atoms. The lowest BCUT2D eigenvalue weighted by Crippen LogP contribution is -2.36. The van der Waals surface area contributed by atoms with Gasteiger partial charge in [-0.15, -0.1) is 0 Å². The number of carbonyl (C=O) groups is 1. The Bertz CT molecular complexity index is 346. The monoisotopic (exact) mass is 221 g/mol. The van der Waals surface area contributed by atoms with Crippen LogP contribution in [0.15, 0.2) is 30.3 Å². The van der Waals surface area contributed by atoms with Crippen molar-refractivity contribution in [3.63, 3.8) is 0 Å². The first kappa shape index (κ1) is 12.7. The Balaban J connectivity index is 3.03. The van der Waals surface area contributed by atoms with E-state index >= 15 is 0 Å². The van der Waals surface area contributed by atoms with Crippen LogP contribution in [0.5, 0.6) is 0 Å². The molecule has 1 aromatic rings. The Labute approximate surface area is 96.6 Å². The van der Waals surface area contributed by atoms with Gasteiger partial charge < -0.3 is 10.5 Å². The molecule has 0 aliphatic heterocycles. The number of hydrogen-bond donors (Lipinski definition) is 1. The lowest BCUT2D eigenvalue weighted by Gasteiger charge is -2.31. The first-order chi connectivity index (χ1) is 7.54. The van der Waals surface area contributed by atoms with Gasteiger partial charge in [0.1, 0.15) is 0 Å². The van der Waals surface area contributed by atoms with Crippen LogP contribution in [0.1, 0.15) is 25.3 Å². The van der Waals surface area contributed by atoms with Gasteiger partial charge in [0.05, 0.1) is 12.5 Å². The molecule has 3 heteroatoms. The number of benzene rings is 1. The molecular weight excluding hydrogens is 202 g/mol. The maximum absolute atomic E-state index is 11.7. The molecule has 0 amide bonds. The zero-order valence-corrected chi connectivity index (χ0v) is 10.1. The largest absolute Gasteiger partial charge is 0.469 e. The number of methoxy groups -OCH3 is 1. The van der Waals surface area contributed by atoms with Crippen molar-refractivity contribution in [2.45, 2.75) is 19.8 Å². The second kappa shape index (κ2) is 5.12. The van der Waals surface area contributed by atoms with Gasteiger partial charge in [-0.2, -0.15) is 0 Å². The molecule has 0 saturated carbocycles. The lowest BCUT2D eigenvalue weighted by atomic mass is 9.75. The van der Waals surface area contributed by atoms with Crippen molar-refractivity contribution < 1.29 is 9.53 Å². The fourth-order valence-electron chi connectivity index (χ4n) is 1.94. The van der Waals surface area contributed by atoms with Crippen LogP contribution in [0.3, 0.4) is 0 Å². The molecule has 1 atom stereocenters. The third kappa shape index (κ3) is 2.42. The second-order valence-corrected chi connectivity index (χ2v) is 4.41. The Morgan fingerprint density at radius 3 is 2.38 bits per heavy atom. The van der Waals surface area contributed by atoms with Gasteiger partial charge in [-0.25, -0.2) is 0 Å². The van der Waals surface area contributed by atoms with Crippen molar-refractivity contribution in [3.8, 4) is 0 Å². The van der Waals surface area contributed by atoms with E-state index in [-0.39, 0.29) is 11.9 Å². The summed E-state index contributed by atoms with van der Waals surface area (Å²) in [6.07, 6.45) is 0. The first-order valence-electron chi connectivity index (χ1n) is 5.37. The molecule has 0 bridgehead atoms. The van der Waals surface area contributed by atoms with E-state index in [0.29, 0.717) is 6.54 Å². The maximum atomic E-state index is 11.7. The number of ether oxygens (including phenoxy) is 1. The van der Waals surface area contributed by atoms with Gasteiger partial charge in [-0.05, 0) is 19.4 Å². The highest BCUT2D eigenvalue weighted by Crippen LogP contribution is 2.35. The van der Waals surface area contributed by atoms with E-state index in [1.807, 2.05) is 44.2 Å². The number of carbonyl (C=O) groups excluding carboxylic acids is 1. The topological polar surface area (TPSA) is 52.3 Å². The average molecular weight is 221 g/mol. The molecule has 88 valence electrons. The molecule has 2 N–H and O–H groups in total. The van der Waals surface area contributed by atoms with Crippen molar-refractivity contribution >= 4 is 5.97 Å². The minimum Gasteiger partial charge on any atom is -0.469 e. The average Bonchev–Trinajstić information content (AvgIpc) is 2.30. The van der Waals surface area contributed by atoms with Crippen LogP contribution in [0.4, 0.5) is 0 Å². The number of esters is 1. The van der Waals surface area contributed by atoms with Gasteiger partial charge in [0.15, 0.2) is 0 Å². The highest BCUT2D eigenvalue weighted by atomic mass is 16.5. The maximum Gasteiger partial charge on any atom is 0.311 e. The summed E-state index contributed by atoms with van der Waals surface area (Å²) in [5.74, 6) is -0.257. The molecule has 0 saturated heterocycles. The molecule has 0 aliphatic rings. The summed E-state index contributed by atoms with van der Waals surface area (Å²) in [7, 11) is 1.41. The third-order valence-corrected chi connectivity index (χ3v) is 3.02. The predicted molar refractivity (Wildman–Crippen MR) is 64.0 cm³/mol. The van der Waals surface area contributed by atoms with E-state index in [1.165, 1.54) is 7.11 Å². The second-order valence-electron chi connectivity index (χ2n) is 4.41. The number of hydrogen-bond acceptors (Lipinski definition) is 3. The Hall–Kier alpha value is -1.35. The van der Waals surface area contributed by atoms with Crippen LogP contribution in [-0.2, 0) is 9.53 Å². The normalized spacial score (nSPS) is 13.2. The fourth-order valence-corrected chi connectivity index (χ4v) is 1.94. The summed E-state index contributed by atoms with van der Waals surface area (Å²) in [5.41, 5.74) is 6.24. The zero-order chi connectivity index (χ0) is 12.2. The van der Waals surface area contributed by atoms with Gasteiger partial charge in [-0.1, -0.05) is 30.3 Å². The van der Waals surface area contributed by atoms with E-state index in [4.69, 9.17) is 10.5 Å². The Morgan fingerprint density at radius 1 is 1.38 bits per heavy atom. The number of nitrogens with two attached hydrogens (primary N) is 1. The van der Waals surface area contributed by atoms with E-state index in [2.05, 4.69) is 0 Å². The summed E-state index contributed by atoms with van der Waals surface area (Å²) in [6, 6.07) is 9.82. The van der Waals surface area contributed by atoms with Crippen molar-refractivity contribution in [2.24, 2.45) is 11.1 Å². The molecule has 1 unspecified atom stereocenters. The molecular formula is C13H19NO2. The van der Waals surface area contributed by atoms with Crippen LogP contribution >= 0.6 is 0 Å². The van der Waals surface area contributed by atoms with Crippen LogP contribution < -0.4 is 5.73 Å². The highest BCUT2D eigenvalue weighted by molar-refractivity contribution is 5.77. The van der Waals surface area contributed by atoms with E-state index in [0.717, 1.165) is 5.56 Å². The fraction of sp³-hybridized carbons (Fsp3) is 0.462. The SMILES string of the molecule is COC(=O)C(C)(C)C(CN)c1ccccc1. The van der Waals surface area contributed by atoms with E-state index < -0.39 is 5.41 Å². The Morgan fingerprint density at radius 2 is 1.94 bits per heavy atom. The van der Waals surface area contributed by atoms with Crippen LogP contribution in [0.25, 0.3) is 0 Å². The van der Waals surface area contributed by atoms with Crippen molar-refractivity contribution in [3.05, 3.63) is 35.9 Å². The standard InChI is InChI=1S/C13H19NO2/c1-13(2,12(15)16-3)11(9-14)10-7-5-4-6-8-10/h4-8,11H,9,14H2,1-3H3. The van der Waals surface area contributed by atoms with E-state index in [1.54, 1.807) is 0 Å². The zero-order valence-electron chi connectivity index (χ0n) is 10.1. The molecule has 0 heterocycles. The third-order valence-electron chi connectivity index (χ3n) is 3.02. The molecule has 0 aliphatic carbocycles. The first-order valence-corrected chi connectivity index (χ1v) is 5.37. The quantitative estimate of drug-likeness (QED) is 0.790. The molecule has 0 radical (unpaired) electrons. The molecule has 1 aromatic carbocycles. The minimum atomic E-state index is -0.606. The van der Waals surface area contributed by atoms with Crippen LogP contribution in [-0.4, -0.2) is 19.6 Å². The van der Waals surface area contributed by atoms with Gasteiger partial charge in [-0.3, -0.25) is 4.79 Å². The molecule has 0 aromatic heterocycles. The minimum absolute atomic E-state index is 0.0267. The van der Waals surface area contributed by atoms with Gasteiger partial charge in [0.2, 0.25) is 0 Å². The summed E-state index contributed by atoms with van der Waals surface area (Å²) in [4.78, 5) is 11.7. The summed E-state index contributed by atoms with van der Waals surface area (Å²) in [5, 5.41) is 0. The summed E-state index contributed by atoms with van der Waals surface area (Å²) >= 11 is 0. The molecule has 3 nitrogen and oxygen atoms in total. The smallest absolute Gasteiger partial charge is 0.311 e. The highest BCUT2D eigenvalue weighted by Gasteiger charge is 2.37. The van der Waals surface area contributed by atoms with E-state index in [9.17, 15) is 4.79 Å². The molecule has 1 rings (SSSR count). The summed E-state index contributed by atoms with van der Waals surface area (Å²) < 4.78 is 4.82. The van der Waals surface area contributed by atoms with Gasteiger partial charge in [0.25, 0.3) is 0 Å². The van der Waals surface area contributed by atoms with Crippen molar-refractivity contribution in [1.29, 1.82) is 0 Å². The van der Waals surface area contributed by atoms with Gasteiger partial charge >= 0.3 is 5.97 Å². The van der Waals surface area contributed by atoms with Crippen molar-refractivity contribution in [2.75, 3.05) is 13.7 Å². The van der Waals surface area contributed by atoms with Gasteiger partial charge in [0, 0.05) is 12.5 Å².